The molecule has 10 aromatic carbocycles. The maximum Gasteiger partial charge on any atom is 0.170 e. The standard InChI is InChI=1S/C57H32N4OS/c1-3-15-36-30-48-45(28-34(36)13-1)46-29-35-14-2-4-16-37(35)31-49(46)61(48)47-27-26-43-40-19-7-9-22-50(40)62-54(43)53(47)57-59-55(38-24-25-42-41-20-8-10-23-51(41)63-52(42)32-38)58-56(60-57)44-21-11-17-33-12-5-6-18-39(33)44/h1-32H. The van der Waals surface area contributed by atoms with Crippen molar-refractivity contribution in [3.63, 3.8) is 0 Å². The van der Waals surface area contributed by atoms with Gasteiger partial charge in [-0.3, -0.25) is 0 Å². The summed E-state index contributed by atoms with van der Waals surface area (Å²) in [6.07, 6.45) is 0. The lowest BCUT2D eigenvalue weighted by molar-refractivity contribution is 0.669. The Labute approximate surface area is 363 Å². The summed E-state index contributed by atoms with van der Waals surface area (Å²) >= 11 is 1.79. The third kappa shape index (κ3) is 5.19. The molecule has 0 bridgehead atoms. The highest BCUT2D eigenvalue weighted by Gasteiger charge is 2.25. The van der Waals surface area contributed by atoms with Gasteiger partial charge in [0, 0.05) is 52.8 Å². The zero-order chi connectivity index (χ0) is 41.2. The summed E-state index contributed by atoms with van der Waals surface area (Å²) in [5.74, 6) is 1.73. The van der Waals surface area contributed by atoms with E-state index in [0.29, 0.717) is 17.5 Å². The first-order chi connectivity index (χ1) is 31.2. The minimum Gasteiger partial charge on any atom is -0.455 e. The molecule has 4 aromatic heterocycles. The van der Waals surface area contributed by atoms with E-state index in [2.05, 4.69) is 187 Å². The molecule has 0 spiro atoms. The molecule has 63 heavy (non-hydrogen) atoms. The minimum absolute atomic E-state index is 0.538. The summed E-state index contributed by atoms with van der Waals surface area (Å²) in [7, 11) is 0. The molecular formula is C57H32N4OS. The lowest BCUT2D eigenvalue weighted by atomic mass is 10.0. The molecule has 5 nitrogen and oxygen atoms in total. The molecular weight excluding hydrogens is 789 g/mol. The van der Waals surface area contributed by atoms with Gasteiger partial charge < -0.3 is 8.98 Å². The first-order valence-electron chi connectivity index (χ1n) is 21.2. The fourth-order valence-corrected chi connectivity index (χ4v) is 11.0. The van der Waals surface area contributed by atoms with E-state index in [0.717, 1.165) is 66.1 Å². The van der Waals surface area contributed by atoms with E-state index in [1.807, 2.05) is 12.1 Å². The third-order valence-corrected chi connectivity index (χ3v) is 13.9. The maximum absolute atomic E-state index is 6.98. The number of para-hydroxylation sites is 1. The Kier molecular flexibility index (Phi) is 7.21. The molecule has 0 aliphatic carbocycles. The number of hydrogen-bond acceptors (Lipinski definition) is 5. The largest absolute Gasteiger partial charge is 0.455 e. The second kappa shape index (κ2) is 13.2. The number of rotatable bonds is 4. The molecule has 0 N–H and O–H groups in total. The fourth-order valence-electron chi connectivity index (χ4n) is 9.85. The minimum atomic E-state index is 0.538. The average Bonchev–Trinajstić information content (AvgIpc) is 4.00. The summed E-state index contributed by atoms with van der Waals surface area (Å²) in [6, 6.07) is 69.2. The van der Waals surface area contributed by atoms with Crippen molar-refractivity contribution in [3.05, 3.63) is 194 Å². The Bertz CT molecular complexity index is 4130. The van der Waals surface area contributed by atoms with Crippen LogP contribution in [0.5, 0.6) is 0 Å². The van der Waals surface area contributed by atoms with Gasteiger partial charge in [0.15, 0.2) is 17.5 Å². The smallest absolute Gasteiger partial charge is 0.170 e. The molecule has 0 radical (unpaired) electrons. The molecule has 6 heteroatoms. The van der Waals surface area contributed by atoms with Gasteiger partial charge in [0.05, 0.1) is 22.3 Å². The zero-order valence-electron chi connectivity index (χ0n) is 33.6. The van der Waals surface area contributed by atoms with Crippen molar-refractivity contribution in [2.45, 2.75) is 0 Å². The van der Waals surface area contributed by atoms with Crippen molar-refractivity contribution in [3.8, 4) is 39.9 Å². The number of nitrogens with zero attached hydrogens (tertiary/aromatic N) is 4. The van der Waals surface area contributed by atoms with Gasteiger partial charge in [-0.15, -0.1) is 11.3 Å². The van der Waals surface area contributed by atoms with Crippen LogP contribution in [0, 0.1) is 0 Å². The van der Waals surface area contributed by atoms with Crippen LogP contribution in [0.25, 0.3) is 136 Å². The zero-order valence-corrected chi connectivity index (χ0v) is 34.4. The quantitative estimate of drug-likeness (QED) is 0.177. The molecule has 4 heterocycles. The predicted octanol–water partition coefficient (Wildman–Crippen LogP) is 15.7. The van der Waals surface area contributed by atoms with Gasteiger partial charge in [0.2, 0.25) is 0 Å². The summed E-state index contributed by atoms with van der Waals surface area (Å²) in [5.41, 5.74) is 7.31. The van der Waals surface area contributed by atoms with Crippen LogP contribution < -0.4 is 0 Å². The van der Waals surface area contributed by atoms with Gasteiger partial charge in [-0.2, -0.15) is 0 Å². The van der Waals surface area contributed by atoms with Gasteiger partial charge in [-0.1, -0.05) is 140 Å². The highest BCUT2D eigenvalue weighted by molar-refractivity contribution is 7.25. The van der Waals surface area contributed by atoms with E-state index in [4.69, 9.17) is 19.4 Å². The van der Waals surface area contributed by atoms with Crippen molar-refractivity contribution in [1.29, 1.82) is 0 Å². The second-order valence-corrected chi connectivity index (χ2v) is 17.4. The molecule has 0 saturated carbocycles. The number of furan rings is 1. The van der Waals surface area contributed by atoms with E-state index in [9.17, 15) is 0 Å². The second-order valence-electron chi connectivity index (χ2n) is 16.3. The van der Waals surface area contributed by atoms with E-state index in [-0.39, 0.29) is 0 Å². The van der Waals surface area contributed by atoms with Crippen molar-refractivity contribution < 1.29 is 4.42 Å². The summed E-state index contributed by atoms with van der Waals surface area (Å²) in [4.78, 5) is 16.3. The highest BCUT2D eigenvalue weighted by Crippen LogP contribution is 2.45. The molecule has 14 aromatic rings. The van der Waals surface area contributed by atoms with Crippen LogP contribution in [-0.4, -0.2) is 19.5 Å². The molecule has 0 unspecified atom stereocenters. The normalized spacial score (nSPS) is 12.1. The first-order valence-corrected chi connectivity index (χ1v) is 22.0. The number of aromatic nitrogens is 4. The Hall–Kier alpha value is -8.19. The van der Waals surface area contributed by atoms with Gasteiger partial charge in [0.25, 0.3) is 0 Å². The topological polar surface area (TPSA) is 56.7 Å². The van der Waals surface area contributed by atoms with Crippen LogP contribution in [0.1, 0.15) is 0 Å². The summed E-state index contributed by atoms with van der Waals surface area (Å²) in [5, 5.41) is 13.8. The van der Waals surface area contributed by atoms with Gasteiger partial charge in [-0.05, 0) is 86.9 Å². The summed E-state index contributed by atoms with van der Waals surface area (Å²) in [6.45, 7) is 0. The monoisotopic (exact) mass is 820 g/mol. The molecule has 14 rings (SSSR count). The molecule has 0 atom stereocenters. The van der Waals surface area contributed by atoms with E-state index in [1.54, 1.807) is 11.3 Å². The Morgan fingerprint density at radius 3 is 1.71 bits per heavy atom. The lowest BCUT2D eigenvalue weighted by Gasteiger charge is -2.16. The molecule has 0 aliphatic heterocycles. The van der Waals surface area contributed by atoms with E-state index >= 15 is 0 Å². The maximum atomic E-state index is 6.98. The van der Waals surface area contributed by atoms with Gasteiger partial charge >= 0.3 is 0 Å². The summed E-state index contributed by atoms with van der Waals surface area (Å²) < 4.78 is 11.8. The number of thiophene rings is 1. The van der Waals surface area contributed by atoms with Crippen molar-refractivity contribution in [2.24, 2.45) is 0 Å². The first kappa shape index (κ1) is 34.5. The number of fused-ring (bicyclic) bond motifs is 12. The highest BCUT2D eigenvalue weighted by atomic mass is 32.1. The average molecular weight is 821 g/mol. The molecule has 0 amide bonds. The molecule has 0 fully saturated rings. The van der Waals surface area contributed by atoms with Crippen LogP contribution in [-0.2, 0) is 0 Å². The van der Waals surface area contributed by atoms with Crippen molar-refractivity contribution in [2.75, 3.05) is 0 Å². The van der Waals surface area contributed by atoms with Crippen LogP contribution in [0.4, 0.5) is 0 Å². The van der Waals surface area contributed by atoms with E-state index < -0.39 is 0 Å². The lowest BCUT2D eigenvalue weighted by Crippen LogP contribution is -2.04. The van der Waals surface area contributed by atoms with Crippen LogP contribution >= 0.6 is 11.3 Å². The fraction of sp³-hybridized carbons (Fsp3) is 0. The van der Waals surface area contributed by atoms with Crippen LogP contribution in [0.15, 0.2) is 199 Å². The Morgan fingerprint density at radius 1 is 0.381 bits per heavy atom. The Morgan fingerprint density at radius 2 is 0.952 bits per heavy atom. The predicted molar refractivity (Wildman–Crippen MR) is 263 cm³/mol. The SMILES string of the molecule is c1ccc2cc3c(cc2c1)c1cc2ccccc2cc1n3-c1ccc2c(oc3ccccc32)c1-c1nc(-c2ccc3c(c2)sc2ccccc23)nc(-c2cccc3ccccc23)n1. The molecule has 292 valence electrons. The van der Waals surface area contributed by atoms with Crippen LogP contribution in [0.3, 0.4) is 0 Å². The Balaban J connectivity index is 1.13. The molecule has 0 aliphatic rings. The van der Waals surface area contributed by atoms with E-state index in [1.165, 1.54) is 52.5 Å². The van der Waals surface area contributed by atoms with Crippen LogP contribution in [0.2, 0.25) is 0 Å². The third-order valence-electron chi connectivity index (χ3n) is 12.8. The molecule has 0 saturated heterocycles. The van der Waals surface area contributed by atoms with Gasteiger partial charge in [-0.25, -0.2) is 15.0 Å². The number of hydrogen-bond donors (Lipinski definition) is 0. The van der Waals surface area contributed by atoms with Gasteiger partial charge in [0.1, 0.15) is 11.2 Å². The number of benzene rings is 10. The van der Waals surface area contributed by atoms with Crippen molar-refractivity contribution in [1.82, 2.24) is 19.5 Å². The van der Waals surface area contributed by atoms with Crippen molar-refractivity contribution >= 4 is 108 Å².